The summed E-state index contributed by atoms with van der Waals surface area (Å²) >= 11 is 0. The van der Waals surface area contributed by atoms with Crippen molar-refractivity contribution in [3.63, 3.8) is 0 Å². The fraction of sp³-hybridized carbons (Fsp3) is 0.632. The summed E-state index contributed by atoms with van der Waals surface area (Å²) in [6.07, 6.45) is 12.3. The maximum Gasteiger partial charge on any atom is 0.256 e. The molecular weight excluding hydrogens is 272 g/mol. The fourth-order valence-corrected chi connectivity index (χ4v) is 4.18. The lowest BCUT2D eigenvalue weighted by Crippen LogP contribution is -2.48. The molecule has 2 N–H and O–H groups in total. The smallest absolute Gasteiger partial charge is 0.256 e. The maximum atomic E-state index is 13.2. The summed E-state index contributed by atoms with van der Waals surface area (Å²) in [5.74, 6) is 0.164. The van der Waals surface area contributed by atoms with Crippen LogP contribution in [-0.4, -0.2) is 22.9 Å². The second-order valence-corrected chi connectivity index (χ2v) is 6.88. The lowest BCUT2D eigenvalue weighted by molar-refractivity contribution is 0.0449. The van der Waals surface area contributed by atoms with E-state index in [0.717, 1.165) is 25.7 Å². The molecule has 120 valence electrons. The SMILES string of the molecule is Nc1ccccc1C(=O)N(C1CCCCC1)C1CCCCC1. The van der Waals surface area contributed by atoms with Crippen LogP contribution in [0.1, 0.15) is 74.6 Å². The molecule has 3 nitrogen and oxygen atoms in total. The third-order valence-corrected chi connectivity index (χ3v) is 5.36. The van der Waals surface area contributed by atoms with Crippen molar-refractivity contribution in [2.24, 2.45) is 0 Å². The van der Waals surface area contributed by atoms with Gasteiger partial charge in [-0.2, -0.15) is 0 Å². The first-order valence-corrected chi connectivity index (χ1v) is 8.94. The molecule has 2 saturated carbocycles. The monoisotopic (exact) mass is 300 g/mol. The van der Waals surface area contributed by atoms with Gasteiger partial charge < -0.3 is 10.6 Å². The topological polar surface area (TPSA) is 46.3 Å². The minimum atomic E-state index is 0.164. The summed E-state index contributed by atoms with van der Waals surface area (Å²) in [5.41, 5.74) is 7.38. The number of benzene rings is 1. The highest BCUT2D eigenvalue weighted by Crippen LogP contribution is 2.32. The van der Waals surface area contributed by atoms with Gasteiger partial charge in [0.15, 0.2) is 0 Å². The van der Waals surface area contributed by atoms with Crippen LogP contribution in [0.2, 0.25) is 0 Å². The first-order valence-electron chi connectivity index (χ1n) is 8.94. The van der Waals surface area contributed by atoms with Gasteiger partial charge in [0.2, 0.25) is 0 Å². The van der Waals surface area contributed by atoms with E-state index < -0.39 is 0 Å². The number of hydrogen-bond acceptors (Lipinski definition) is 2. The van der Waals surface area contributed by atoms with Crippen molar-refractivity contribution < 1.29 is 4.79 Å². The Morgan fingerprint density at radius 3 is 1.86 bits per heavy atom. The number of para-hydroxylation sites is 1. The Morgan fingerprint density at radius 2 is 1.36 bits per heavy atom. The molecule has 2 aliphatic rings. The van der Waals surface area contributed by atoms with E-state index >= 15 is 0 Å². The van der Waals surface area contributed by atoms with Gasteiger partial charge in [0.05, 0.1) is 5.56 Å². The molecule has 1 amide bonds. The predicted molar refractivity (Wildman–Crippen MR) is 90.8 cm³/mol. The highest BCUT2D eigenvalue weighted by atomic mass is 16.2. The molecule has 22 heavy (non-hydrogen) atoms. The molecule has 0 radical (unpaired) electrons. The van der Waals surface area contributed by atoms with Crippen molar-refractivity contribution in [2.45, 2.75) is 76.3 Å². The van der Waals surface area contributed by atoms with Crippen LogP contribution in [-0.2, 0) is 0 Å². The molecule has 1 aromatic carbocycles. The number of nitrogens with zero attached hydrogens (tertiary/aromatic N) is 1. The van der Waals surface area contributed by atoms with E-state index in [4.69, 9.17) is 5.73 Å². The minimum Gasteiger partial charge on any atom is -0.398 e. The van der Waals surface area contributed by atoms with Crippen molar-refractivity contribution in [2.75, 3.05) is 5.73 Å². The Hall–Kier alpha value is -1.51. The number of carbonyl (C=O) groups excluding carboxylic acids is 1. The van der Waals surface area contributed by atoms with Gasteiger partial charge >= 0.3 is 0 Å². The predicted octanol–water partition coefficient (Wildman–Crippen LogP) is 4.38. The average molecular weight is 300 g/mol. The van der Waals surface area contributed by atoms with Crippen LogP contribution in [0.5, 0.6) is 0 Å². The average Bonchev–Trinajstić information content (AvgIpc) is 2.57. The molecule has 0 aliphatic heterocycles. The number of anilines is 1. The van der Waals surface area contributed by atoms with Crippen molar-refractivity contribution in [1.29, 1.82) is 0 Å². The second kappa shape index (κ2) is 7.17. The van der Waals surface area contributed by atoms with Crippen LogP contribution < -0.4 is 5.73 Å². The molecule has 1 aromatic rings. The van der Waals surface area contributed by atoms with E-state index in [1.54, 1.807) is 0 Å². The maximum absolute atomic E-state index is 13.2. The quantitative estimate of drug-likeness (QED) is 0.842. The molecule has 0 unspecified atom stereocenters. The van der Waals surface area contributed by atoms with E-state index in [2.05, 4.69) is 4.90 Å². The zero-order valence-corrected chi connectivity index (χ0v) is 13.5. The number of carbonyl (C=O) groups is 1. The van der Waals surface area contributed by atoms with Gasteiger partial charge in [-0.3, -0.25) is 4.79 Å². The van der Waals surface area contributed by atoms with Crippen molar-refractivity contribution in [1.82, 2.24) is 4.90 Å². The van der Waals surface area contributed by atoms with Gasteiger partial charge in [0, 0.05) is 17.8 Å². The molecule has 0 saturated heterocycles. The third kappa shape index (κ3) is 3.29. The Balaban J connectivity index is 1.86. The normalized spacial score (nSPS) is 20.7. The van der Waals surface area contributed by atoms with Crippen molar-refractivity contribution in [3.8, 4) is 0 Å². The van der Waals surface area contributed by atoms with Crippen LogP contribution in [0.25, 0.3) is 0 Å². The lowest BCUT2D eigenvalue weighted by atomic mass is 9.88. The zero-order chi connectivity index (χ0) is 15.4. The Morgan fingerprint density at radius 1 is 0.864 bits per heavy atom. The number of nitrogen functional groups attached to an aromatic ring is 1. The van der Waals surface area contributed by atoms with E-state index in [-0.39, 0.29) is 5.91 Å². The van der Waals surface area contributed by atoms with Gasteiger partial charge in [-0.15, -0.1) is 0 Å². The van der Waals surface area contributed by atoms with E-state index in [1.165, 1.54) is 38.5 Å². The molecule has 3 heteroatoms. The van der Waals surface area contributed by atoms with E-state index in [9.17, 15) is 4.79 Å². The number of amides is 1. The molecule has 0 spiro atoms. The van der Waals surface area contributed by atoms with Crippen LogP contribution >= 0.6 is 0 Å². The summed E-state index contributed by atoms with van der Waals surface area (Å²) < 4.78 is 0. The first kappa shape index (κ1) is 15.4. The third-order valence-electron chi connectivity index (χ3n) is 5.36. The lowest BCUT2D eigenvalue weighted by Gasteiger charge is -2.42. The van der Waals surface area contributed by atoms with Crippen molar-refractivity contribution in [3.05, 3.63) is 29.8 Å². The Bertz CT molecular complexity index is 484. The molecule has 0 aromatic heterocycles. The van der Waals surface area contributed by atoms with Gasteiger partial charge in [0.1, 0.15) is 0 Å². The summed E-state index contributed by atoms with van der Waals surface area (Å²) in [6, 6.07) is 8.39. The Kier molecular flexibility index (Phi) is 5.01. The van der Waals surface area contributed by atoms with E-state index in [0.29, 0.717) is 23.3 Å². The van der Waals surface area contributed by atoms with Crippen LogP contribution in [0.4, 0.5) is 5.69 Å². The summed E-state index contributed by atoms with van der Waals surface area (Å²) in [7, 11) is 0. The highest BCUT2D eigenvalue weighted by Gasteiger charge is 2.33. The zero-order valence-electron chi connectivity index (χ0n) is 13.5. The molecule has 0 bridgehead atoms. The second-order valence-electron chi connectivity index (χ2n) is 6.88. The molecule has 0 heterocycles. The Labute approximate surface area is 133 Å². The number of rotatable bonds is 3. The van der Waals surface area contributed by atoms with Gasteiger partial charge in [-0.05, 0) is 37.8 Å². The summed E-state index contributed by atoms with van der Waals surface area (Å²) in [6.45, 7) is 0. The van der Waals surface area contributed by atoms with E-state index in [1.807, 2.05) is 24.3 Å². The van der Waals surface area contributed by atoms with Gasteiger partial charge in [-0.25, -0.2) is 0 Å². The first-order chi connectivity index (χ1) is 10.8. The van der Waals surface area contributed by atoms with Gasteiger partial charge in [0.25, 0.3) is 5.91 Å². The molecular formula is C19H28N2O. The van der Waals surface area contributed by atoms with Gasteiger partial charge in [-0.1, -0.05) is 50.7 Å². The standard InChI is InChI=1S/C19H28N2O/c20-18-14-8-7-13-17(18)19(22)21(15-9-3-1-4-10-15)16-11-5-2-6-12-16/h7-8,13-16H,1-6,9-12,20H2. The van der Waals surface area contributed by atoms with Crippen LogP contribution in [0, 0.1) is 0 Å². The summed E-state index contributed by atoms with van der Waals surface area (Å²) in [4.78, 5) is 15.4. The molecule has 2 fully saturated rings. The largest absolute Gasteiger partial charge is 0.398 e. The molecule has 3 rings (SSSR count). The minimum absolute atomic E-state index is 0.164. The number of nitrogens with two attached hydrogens (primary N) is 1. The summed E-state index contributed by atoms with van der Waals surface area (Å²) in [5, 5.41) is 0. The van der Waals surface area contributed by atoms with Crippen LogP contribution in [0.3, 0.4) is 0 Å². The highest BCUT2D eigenvalue weighted by molar-refractivity contribution is 5.99. The fourth-order valence-electron chi connectivity index (χ4n) is 4.18. The number of hydrogen-bond donors (Lipinski definition) is 1. The van der Waals surface area contributed by atoms with Crippen molar-refractivity contribution >= 4 is 11.6 Å². The van der Waals surface area contributed by atoms with Crippen LogP contribution in [0.15, 0.2) is 24.3 Å². The molecule has 2 aliphatic carbocycles. The molecule has 0 atom stereocenters.